The Morgan fingerprint density at radius 3 is 2.70 bits per heavy atom. The monoisotopic (exact) mass is 512 g/mol. The fraction of sp³-hybridized carbons (Fsp3) is 0.520. The minimum Gasteiger partial charge on any atom is -0.395 e. The van der Waals surface area contributed by atoms with Gasteiger partial charge >= 0.3 is 0 Å². The number of hydrogen-bond acceptors (Lipinski definition) is 9. The number of nitrogens with zero attached hydrogens (tertiary/aromatic N) is 5. The topological polar surface area (TPSA) is 188 Å². The van der Waals surface area contributed by atoms with Gasteiger partial charge in [-0.3, -0.25) is 15.0 Å². The lowest BCUT2D eigenvalue weighted by Gasteiger charge is -2.43. The first-order valence-electron chi connectivity index (χ1n) is 12.4. The molecule has 4 atom stereocenters. The molecule has 0 saturated carbocycles. The molecule has 2 aromatic rings. The van der Waals surface area contributed by atoms with Gasteiger partial charge in [0.1, 0.15) is 17.9 Å². The first kappa shape index (κ1) is 26.8. The standard InChI is InChI=1S/C25H32N6O6/c26-29-28-18-4-5-20(21(12-18)31(36)37)27-8-6-17-11-15(10-16-2-1-3-19(16)17)7-9-30-13-23(33)25(35)24(34)22(30)14-32/h4-5,10-12,22-25,27,32-35H,1-3,6-9,13-14H2/t22-,23+,24-,25-/m1/s1. The number of anilines is 1. The van der Waals surface area contributed by atoms with Crippen molar-refractivity contribution in [3.8, 4) is 0 Å². The van der Waals surface area contributed by atoms with E-state index in [0.717, 1.165) is 24.8 Å². The molecule has 4 rings (SSSR count). The Kier molecular flexibility index (Phi) is 8.59. The number of β-amino-alcohol motifs (C(OH)–C–C–N with tert-alkyl or cyclic N) is 1. The van der Waals surface area contributed by atoms with Crippen LogP contribution >= 0.6 is 0 Å². The lowest BCUT2D eigenvalue weighted by Crippen LogP contribution is -2.62. The second-order valence-corrected chi connectivity index (χ2v) is 9.61. The molecule has 0 aromatic heterocycles. The van der Waals surface area contributed by atoms with Crippen molar-refractivity contribution in [3.05, 3.63) is 73.1 Å². The van der Waals surface area contributed by atoms with Gasteiger partial charge in [0, 0.05) is 36.3 Å². The van der Waals surface area contributed by atoms with Crippen LogP contribution in [0.15, 0.2) is 35.4 Å². The maximum atomic E-state index is 11.5. The largest absolute Gasteiger partial charge is 0.395 e. The Morgan fingerprint density at radius 2 is 1.97 bits per heavy atom. The van der Waals surface area contributed by atoms with E-state index in [1.165, 1.54) is 28.8 Å². The minimum atomic E-state index is -1.28. The molecule has 12 heteroatoms. The average Bonchev–Trinajstić information content (AvgIpc) is 3.36. The van der Waals surface area contributed by atoms with Gasteiger partial charge in [-0.1, -0.05) is 23.3 Å². The molecule has 0 radical (unpaired) electrons. The highest BCUT2D eigenvalue weighted by Crippen LogP contribution is 2.31. The second-order valence-electron chi connectivity index (χ2n) is 9.61. The minimum absolute atomic E-state index is 0.154. The summed E-state index contributed by atoms with van der Waals surface area (Å²) in [4.78, 5) is 15.5. The van der Waals surface area contributed by atoms with Crippen molar-refractivity contribution in [2.45, 2.75) is 56.5 Å². The molecule has 1 aliphatic heterocycles. The summed E-state index contributed by atoms with van der Waals surface area (Å²) in [6.07, 6.45) is 0.775. The van der Waals surface area contributed by atoms with Crippen LogP contribution in [0.5, 0.6) is 0 Å². The highest BCUT2D eigenvalue weighted by Gasteiger charge is 2.40. The zero-order valence-corrected chi connectivity index (χ0v) is 20.4. The van der Waals surface area contributed by atoms with Gasteiger partial charge in [0.15, 0.2) is 0 Å². The molecule has 198 valence electrons. The van der Waals surface area contributed by atoms with Crippen LogP contribution in [0.4, 0.5) is 17.1 Å². The van der Waals surface area contributed by atoms with E-state index in [-0.39, 0.29) is 24.5 Å². The molecule has 37 heavy (non-hydrogen) atoms. The second kappa shape index (κ2) is 11.9. The van der Waals surface area contributed by atoms with Crippen LogP contribution in [0.25, 0.3) is 10.4 Å². The molecule has 0 bridgehead atoms. The molecule has 1 saturated heterocycles. The number of benzene rings is 2. The highest BCUT2D eigenvalue weighted by molar-refractivity contribution is 5.66. The van der Waals surface area contributed by atoms with E-state index in [2.05, 4.69) is 27.5 Å². The van der Waals surface area contributed by atoms with Crippen LogP contribution < -0.4 is 5.32 Å². The Labute approximate surface area is 213 Å². The summed E-state index contributed by atoms with van der Waals surface area (Å²) in [5.74, 6) is 0. The maximum Gasteiger partial charge on any atom is 0.292 e. The van der Waals surface area contributed by atoms with E-state index < -0.39 is 29.3 Å². The Bertz CT molecular complexity index is 1190. The third-order valence-corrected chi connectivity index (χ3v) is 7.32. The summed E-state index contributed by atoms with van der Waals surface area (Å²) in [6, 6.07) is 8.01. The fourth-order valence-electron chi connectivity index (χ4n) is 5.41. The quantitative estimate of drug-likeness (QED) is 0.105. The van der Waals surface area contributed by atoms with Crippen molar-refractivity contribution in [3.63, 3.8) is 0 Å². The Hall–Kier alpha value is -3.25. The summed E-state index contributed by atoms with van der Waals surface area (Å²) in [7, 11) is 0. The first-order valence-corrected chi connectivity index (χ1v) is 12.4. The molecule has 0 spiro atoms. The molecule has 2 aliphatic rings. The molecule has 2 aromatic carbocycles. The van der Waals surface area contributed by atoms with Gasteiger partial charge in [-0.2, -0.15) is 0 Å². The highest BCUT2D eigenvalue weighted by atomic mass is 16.6. The van der Waals surface area contributed by atoms with Crippen LogP contribution in [0.3, 0.4) is 0 Å². The van der Waals surface area contributed by atoms with E-state index >= 15 is 0 Å². The number of aryl methyl sites for hydroxylation is 1. The molecule has 0 unspecified atom stereocenters. The molecule has 12 nitrogen and oxygen atoms in total. The summed E-state index contributed by atoms with van der Waals surface area (Å²) in [5.41, 5.74) is 13.9. The van der Waals surface area contributed by atoms with Gasteiger partial charge in [-0.05, 0) is 66.0 Å². The third kappa shape index (κ3) is 6.02. The molecule has 1 heterocycles. The van der Waals surface area contributed by atoms with Gasteiger partial charge in [-0.25, -0.2) is 0 Å². The molecular weight excluding hydrogens is 480 g/mol. The Balaban J connectivity index is 1.45. The predicted molar refractivity (Wildman–Crippen MR) is 137 cm³/mol. The van der Waals surface area contributed by atoms with E-state index in [9.17, 15) is 30.5 Å². The number of aliphatic hydroxyl groups excluding tert-OH is 4. The maximum absolute atomic E-state index is 11.5. The van der Waals surface area contributed by atoms with Crippen molar-refractivity contribution < 1.29 is 25.3 Å². The number of rotatable bonds is 10. The third-order valence-electron chi connectivity index (χ3n) is 7.32. The van der Waals surface area contributed by atoms with Crippen molar-refractivity contribution in [1.82, 2.24) is 4.90 Å². The summed E-state index contributed by atoms with van der Waals surface area (Å²) >= 11 is 0. The smallest absolute Gasteiger partial charge is 0.292 e. The van der Waals surface area contributed by atoms with E-state index in [1.54, 1.807) is 6.07 Å². The molecule has 0 amide bonds. The van der Waals surface area contributed by atoms with E-state index in [1.807, 2.05) is 4.90 Å². The number of fused-ring (bicyclic) bond motifs is 1. The van der Waals surface area contributed by atoms with Crippen LogP contribution in [0.1, 0.15) is 28.7 Å². The fourth-order valence-corrected chi connectivity index (χ4v) is 5.41. The number of likely N-dealkylation sites (tertiary alicyclic amines) is 1. The van der Waals surface area contributed by atoms with Crippen molar-refractivity contribution >= 4 is 17.1 Å². The van der Waals surface area contributed by atoms with Gasteiger partial charge in [0.2, 0.25) is 0 Å². The molecular formula is C25H32N6O6. The van der Waals surface area contributed by atoms with Gasteiger partial charge in [-0.15, -0.1) is 0 Å². The number of azide groups is 1. The number of aliphatic hydroxyl groups is 4. The SMILES string of the molecule is [N-]=[N+]=Nc1ccc(NCCc2cc(CCN3C[C@H](O)[C@@H](O)[C@H](O)[C@H]3CO)cc3c2CCC3)c([N+](=O)[O-])c1. The molecule has 1 fully saturated rings. The summed E-state index contributed by atoms with van der Waals surface area (Å²) in [5, 5.41) is 58.1. The average molecular weight is 513 g/mol. The number of nitro benzene ring substituents is 1. The van der Waals surface area contributed by atoms with Crippen LogP contribution in [0, 0.1) is 10.1 Å². The van der Waals surface area contributed by atoms with Gasteiger partial charge in [0.25, 0.3) is 5.69 Å². The van der Waals surface area contributed by atoms with Gasteiger partial charge in [0.05, 0.1) is 23.7 Å². The van der Waals surface area contributed by atoms with Crippen LogP contribution in [-0.4, -0.2) is 80.8 Å². The van der Waals surface area contributed by atoms with Crippen molar-refractivity contribution in [2.75, 3.05) is 31.6 Å². The zero-order chi connectivity index (χ0) is 26.5. The zero-order valence-electron chi connectivity index (χ0n) is 20.4. The lowest BCUT2D eigenvalue weighted by molar-refractivity contribution is -0.383. The normalized spacial score (nSPS) is 23.4. The lowest BCUT2D eigenvalue weighted by atomic mass is 9.93. The van der Waals surface area contributed by atoms with Crippen molar-refractivity contribution in [2.24, 2.45) is 5.11 Å². The number of nitrogens with one attached hydrogen (secondary N) is 1. The van der Waals surface area contributed by atoms with Crippen molar-refractivity contribution in [1.29, 1.82) is 0 Å². The molecule has 5 N–H and O–H groups in total. The van der Waals surface area contributed by atoms with E-state index in [4.69, 9.17) is 5.53 Å². The Morgan fingerprint density at radius 1 is 1.16 bits per heavy atom. The number of hydrogen-bond donors (Lipinski definition) is 5. The van der Waals surface area contributed by atoms with Crippen LogP contribution in [0.2, 0.25) is 0 Å². The van der Waals surface area contributed by atoms with Gasteiger partial charge < -0.3 is 25.7 Å². The number of nitro groups is 1. The van der Waals surface area contributed by atoms with Crippen LogP contribution in [-0.2, 0) is 25.7 Å². The molecule has 1 aliphatic carbocycles. The number of piperidine rings is 1. The predicted octanol–water partition coefficient (Wildman–Crippen LogP) is 1.98. The van der Waals surface area contributed by atoms with E-state index in [0.29, 0.717) is 31.6 Å². The summed E-state index contributed by atoms with van der Waals surface area (Å²) < 4.78 is 0. The summed E-state index contributed by atoms with van der Waals surface area (Å²) in [6.45, 7) is 0.837. The first-order chi connectivity index (χ1) is 17.8.